The molecule has 13 atom stereocenters. The second-order valence-corrected chi connectivity index (χ2v) is 18.5. The molecule has 0 aromatic rings. The average molecular weight is 763 g/mol. The summed E-state index contributed by atoms with van der Waals surface area (Å²) in [5, 5.41) is 0. The molecule has 6 aliphatic heterocycles. The van der Waals surface area contributed by atoms with E-state index in [4.69, 9.17) is 56.8 Å². The van der Waals surface area contributed by atoms with Gasteiger partial charge in [0.15, 0.2) is 60.1 Å². The molecule has 54 heavy (non-hydrogen) atoms. The Labute approximate surface area is 315 Å². The van der Waals surface area contributed by atoms with E-state index in [1.165, 1.54) is 0 Å². The molecule has 9 aliphatic rings. The maximum atomic E-state index is 15.1. The molecule has 1 spiro atoms. The molecular weight excluding hydrogens is 708 g/mol. The first-order chi connectivity index (χ1) is 25.3. The van der Waals surface area contributed by atoms with Gasteiger partial charge in [0.2, 0.25) is 0 Å². The van der Waals surface area contributed by atoms with Gasteiger partial charge in [-0.25, -0.2) is 9.59 Å². The Balaban J connectivity index is 1.09. The number of hydrogen-bond donors (Lipinski definition) is 0. The van der Waals surface area contributed by atoms with Crippen LogP contribution >= 0.6 is 0 Å². The predicted octanol–water partition coefficient (Wildman–Crippen LogP) is 3.72. The van der Waals surface area contributed by atoms with Crippen LogP contribution in [0, 0.1) is 16.7 Å². The first-order valence-electron chi connectivity index (χ1n) is 19.6. The summed E-state index contributed by atoms with van der Waals surface area (Å²) in [7, 11) is 0. The molecule has 15 heteroatoms. The fourth-order valence-corrected chi connectivity index (χ4v) is 10.9. The van der Waals surface area contributed by atoms with Gasteiger partial charge in [-0.15, -0.1) is 0 Å². The number of carbonyl (C=O) groups is 3. The molecule has 0 radical (unpaired) electrons. The van der Waals surface area contributed by atoms with Crippen LogP contribution < -0.4 is 0 Å². The number of aldehydes is 1. The third kappa shape index (κ3) is 6.02. The minimum Gasteiger partial charge on any atom is -0.453 e. The second-order valence-electron chi connectivity index (χ2n) is 18.5. The summed E-state index contributed by atoms with van der Waals surface area (Å²) in [6, 6.07) is 0. The van der Waals surface area contributed by atoms with E-state index in [1.807, 2.05) is 0 Å². The largest absolute Gasteiger partial charge is 0.453 e. The third-order valence-corrected chi connectivity index (χ3v) is 13.0. The summed E-state index contributed by atoms with van der Waals surface area (Å²) in [5.41, 5.74) is -1.74. The lowest BCUT2D eigenvalue weighted by molar-refractivity contribution is -0.235. The highest BCUT2D eigenvalue weighted by Gasteiger charge is 2.67. The zero-order valence-electron chi connectivity index (χ0n) is 32.4. The van der Waals surface area contributed by atoms with Crippen LogP contribution in [-0.4, -0.2) is 116 Å². The molecule has 3 aliphatic carbocycles. The lowest BCUT2D eigenvalue weighted by atomic mass is 9.55. The van der Waals surface area contributed by atoms with Crippen molar-refractivity contribution in [2.45, 2.75) is 185 Å². The van der Waals surface area contributed by atoms with Crippen molar-refractivity contribution in [2.75, 3.05) is 13.2 Å². The molecule has 6 saturated heterocycles. The van der Waals surface area contributed by atoms with E-state index in [1.54, 1.807) is 55.4 Å². The second kappa shape index (κ2) is 12.5. The Morgan fingerprint density at radius 1 is 0.611 bits per heavy atom. The minimum atomic E-state index is -1.25. The first kappa shape index (κ1) is 37.5. The summed E-state index contributed by atoms with van der Waals surface area (Å²) in [5.74, 6) is -5.15. The molecule has 0 amide bonds. The van der Waals surface area contributed by atoms with Crippen molar-refractivity contribution in [3.05, 3.63) is 11.1 Å². The molecule has 15 nitrogen and oxygen atoms in total. The van der Waals surface area contributed by atoms with E-state index in [0.717, 1.165) is 25.5 Å². The van der Waals surface area contributed by atoms with Crippen molar-refractivity contribution >= 4 is 18.2 Å². The quantitative estimate of drug-likeness (QED) is 0.272. The molecule has 6 heterocycles. The highest BCUT2D eigenvalue weighted by atomic mass is 16.9. The Bertz CT molecular complexity index is 1600. The highest BCUT2D eigenvalue weighted by Crippen LogP contribution is 2.67. The van der Waals surface area contributed by atoms with E-state index < -0.39 is 107 Å². The average Bonchev–Trinajstić information content (AvgIpc) is 3.93. The van der Waals surface area contributed by atoms with Gasteiger partial charge < -0.3 is 61.6 Å². The SMILES string of the molecule is CC1(C)O[C@H]2O[C@H]([C@H]3COC(C)(C)O3)[C@H](OC(=O)C3=C(C(=O)O[C@@H]4[C@H]5OC(C)(C)O[C@H]5O[C@@H]4[C@H]4COC(C)(C)O4)[C@]45CCCC[C@@H]4CC[C@@]3(C=O)C5)[C@H]2O1. The van der Waals surface area contributed by atoms with Crippen LogP contribution in [-0.2, 0) is 71.2 Å². The minimum absolute atomic E-state index is 0.0497. The molecule has 0 aromatic heterocycles. The fraction of sp³-hybridized carbons (Fsp3) is 0.872. The monoisotopic (exact) mass is 762 g/mol. The molecule has 0 N–H and O–H groups in total. The Morgan fingerprint density at radius 2 is 1.13 bits per heavy atom. The number of ether oxygens (including phenoxy) is 12. The summed E-state index contributed by atoms with van der Waals surface area (Å²) in [6.07, 6.45) is -2.34. The first-order valence-corrected chi connectivity index (χ1v) is 19.6. The van der Waals surface area contributed by atoms with Gasteiger partial charge in [-0.3, -0.25) is 0 Å². The summed E-state index contributed by atoms with van der Waals surface area (Å²) in [4.78, 5) is 43.5. The number of rotatable bonds is 7. The lowest BCUT2D eigenvalue weighted by Gasteiger charge is -2.48. The number of hydrogen-bond acceptors (Lipinski definition) is 15. The maximum absolute atomic E-state index is 15.1. The summed E-state index contributed by atoms with van der Waals surface area (Å²) < 4.78 is 74.4. The van der Waals surface area contributed by atoms with E-state index in [2.05, 4.69) is 0 Å². The molecule has 2 bridgehead atoms. The van der Waals surface area contributed by atoms with Gasteiger partial charge >= 0.3 is 11.9 Å². The van der Waals surface area contributed by atoms with Crippen molar-refractivity contribution < 1.29 is 71.2 Å². The van der Waals surface area contributed by atoms with Gasteiger partial charge in [0.25, 0.3) is 0 Å². The standard InChI is InChI=1S/C39H54O15/c1-34(2)43-15-20(49-34)24-26(28-32(47-24)53-36(5,6)51-28)45-30(41)22-23(39-13-10-9-11-19(39)12-14-38(22,17-39)18-40)31(42)46-27-25(21-16-44-35(3,4)50-21)48-33-29(27)52-37(7,8)54-33/h18-21,24-29,32-33H,9-17H2,1-8H3/t19-,20-,21-,24-,25-,26+,27+,28-,29-,32-,33-,38+,39+/m1/s1. The zero-order chi connectivity index (χ0) is 38.2. The molecule has 300 valence electrons. The summed E-state index contributed by atoms with van der Waals surface area (Å²) >= 11 is 0. The molecule has 2 saturated carbocycles. The van der Waals surface area contributed by atoms with Crippen molar-refractivity contribution in [1.82, 2.24) is 0 Å². The van der Waals surface area contributed by atoms with Gasteiger partial charge in [0.1, 0.15) is 30.7 Å². The number of esters is 2. The van der Waals surface area contributed by atoms with Crippen LogP contribution in [0.4, 0.5) is 0 Å². The van der Waals surface area contributed by atoms with Crippen molar-refractivity contribution in [3.63, 3.8) is 0 Å². The van der Waals surface area contributed by atoms with Gasteiger partial charge in [-0.05, 0) is 93.4 Å². The third-order valence-electron chi connectivity index (χ3n) is 13.0. The highest BCUT2D eigenvalue weighted by molar-refractivity contribution is 6.07. The van der Waals surface area contributed by atoms with Crippen molar-refractivity contribution in [1.29, 1.82) is 0 Å². The smallest absolute Gasteiger partial charge is 0.336 e. The van der Waals surface area contributed by atoms with Crippen LogP contribution in [0.25, 0.3) is 0 Å². The van der Waals surface area contributed by atoms with Gasteiger partial charge in [0.05, 0.1) is 29.8 Å². The van der Waals surface area contributed by atoms with Crippen LogP contribution in [0.3, 0.4) is 0 Å². The van der Waals surface area contributed by atoms with Gasteiger partial charge in [0, 0.05) is 5.41 Å². The fourth-order valence-electron chi connectivity index (χ4n) is 10.9. The molecule has 8 fully saturated rings. The van der Waals surface area contributed by atoms with Crippen molar-refractivity contribution in [3.8, 4) is 0 Å². The van der Waals surface area contributed by atoms with Gasteiger partial charge in [-0.2, -0.15) is 0 Å². The molecule has 0 aromatic carbocycles. The van der Waals surface area contributed by atoms with Crippen molar-refractivity contribution in [2.24, 2.45) is 16.7 Å². The Kier molecular flexibility index (Phi) is 8.67. The van der Waals surface area contributed by atoms with Crippen LogP contribution in [0.2, 0.25) is 0 Å². The topological polar surface area (TPSA) is 162 Å². The number of fused-ring (bicyclic) bond motifs is 3. The van der Waals surface area contributed by atoms with E-state index >= 15 is 9.59 Å². The Hall–Kier alpha value is -2.05. The molecule has 0 unspecified atom stereocenters. The van der Waals surface area contributed by atoms with Crippen LogP contribution in [0.5, 0.6) is 0 Å². The normalized spacial score (nSPS) is 47.7. The van der Waals surface area contributed by atoms with Gasteiger partial charge in [-0.1, -0.05) is 12.8 Å². The summed E-state index contributed by atoms with van der Waals surface area (Å²) in [6.45, 7) is 14.7. The van der Waals surface area contributed by atoms with E-state index in [0.29, 0.717) is 25.7 Å². The zero-order valence-corrected chi connectivity index (χ0v) is 32.4. The van der Waals surface area contributed by atoms with Crippen LogP contribution in [0.1, 0.15) is 100 Å². The molecule has 9 rings (SSSR count). The van der Waals surface area contributed by atoms with Crippen LogP contribution in [0.15, 0.2) is 11.1 Å². The maximum Gasteiger partial charge on any atom is 0.336 e. The predicted molar refractivity (Wildman–Crippen MR) is 181 cm³/mol. The molecular formula is C39H54O15. The van der Waals surface area contributed by atoms with E-state index in [-0.39, 0.29) is 30.3 Å². The number of carbonyl (C=O) groups excluding carboxylic acids is 3. The lowest BCUT2D eigenvalue weighted by Crippen LogP contribution is -2.47. The van der Waals surface area contributed by atoms with E-state index in [9.17, 15) is 4.79 Å². The Morgan fingerprint density at radius 3 is 1.61 bits per heavy atom.